The van der Waals surface area contributed by atoms with Gasteiger partial charge in [0.15, 0.2) is 5.11 Å². The first-order valence-corrected chi connectivity index (χ1v) is 12.0. The number of aromatic amines is 1. The van der Waals surface area contributed by atoms with Crippen molar-refractivity contribution in [3.8, 4) is 5.75 Å². The number of fused-ring (bicyclic) bond motifs is 4. The average Bonchev–Trinajstić information content (AvgIpc) is 3.33. The van der Waals surface area contributed by atoms with Crippen LogP contribution in [0.2, 0.25) is 0 Å². The molecular formula is C26H27N3O2S. The monoisotopic (exact) mass is 445 g/mol. The Balaban J connectivity index is 1.49. The second-order valence-corrected chi connectivity index (χ2v) is 9.51. The number of rotatable bonds is 3. The van der Waals surface area contributed by atoms with Gasteiger partial charge in [-0.1, -0.05) is 49.6 Å². The first-order chi connectivity index (χ1) is 15.7. The van der Waals surface area contributed by atoms with E-state index in [9.17, 15) is 4.79 Å². The highest BCUT2D eigenvalue weighted by Gasteiger charge is 2.52. The van der Waals surface area contributed by atoms with Gasteiger partial charge in [0.25, 0.3) is 5.91 Å². The molecule has 3 aromatic rings. The van der Waals surface area contributed by atoms with E-state index in [0.29, 0.717) is 11.5 Å². The number of aromatic nitrogens is 1. The van der Waals surface area contributed by atoms with Crippen LogP contribution in [-0.2, 0) is 11.2 Å². The van der Waals surface area contributed by atoms with Gasteiger partial charge in [0.1, 0.15) is 11.8 Å². The summed E-state index contributed by atoms with van der Waals surface area (Å²) in [6.45, 7) is 0. The second-order valence-electron chi connectivity index (χ2n) is 9.15. The minimum Gasteiger partial charge on any atom is -0.497 e. The predicted octanol–water partition coefficient (Wildman–Crippen LogP) is 4.95. The quantitative estimate of drug-likeness (QED) is 0.580. The molecule has 1 amide bonds. The van der Waals surface area contributed by atoms with E-state index in [0.717, 1.165) is 35.4 Å². The van der Waals surface area contributed by atoms with Crippen LogP contribution in [0.1, 0.15) is 55.0 Å². The number of benzene rings is 2. The number of H-pyrrole nitrogens is 1. The van der Waals surface area contributed by atoms with Gasteiger partial charge in [-0.25, -0.2) is 0 Å². The Morgan fingerprint density at radius 2 is 1.78 bits per heavy atom. The van der Waals surface area contributed by atoms with E-state index in [1.807, 2.05) is 23.1 Å². The van der Waals surface area contributed by atoms with Crippen LogP contribution in [0.25, 0.3) is 10.9 Å². The molecule has 32 heavy (non-hydrogen) atoms. The molecule has 2 unspecified atom stereocenters. The standard InChI is InChI=1S/C26H27N3O2S/c1-31-18-13-11-16(12-14-18)24-23-20(19-9-5-6-10-21(19)27-23)15-22-25(30)28(26(32)29(22)24)17-7-3-2-4-8-17/h5-6,9-14,17,22,24,27H,2-4,7-8,15H2,1H3. The SMILES string of the molecule is COc1ccc(C2c3[nH]c4ccccc4c3CC3C(=O)N(C4CCCCC4)C(=S)N32)cc1. The summed E-state index contributed by atoms with van der Waals surface area (Å²) in [4.78, 5) is 21.6. The fourth-order valence-corrected chi connectivity index (χ4v) is 6.37. The number of carbonyl (C=O) groups is 1. The summed E-state index contributed by atoms with van der Waals surface area (Å²) in [5.41, 5.74) is 4.61. The predicted molar refractivity (Wildman–Crippen MR) is 129 cm³/mol. The third kappa shape index (κ3) is 2.89. The number of para-hydroxylation sites is 1. The van der Waals surface area contributed by atoms with Crippen LogP contribution in [0.5, 0.6) is 5.75 Å². The average molecular weight is 446 g/mol. The van der Waals surface area contributed by atoms with Crippen LogP contribution in [0, 0.1) is 0 Å². The molecule has 0 bridgehead atoms. The fraction of sp³-hybridized carbons (Fsp3) is 0.385. The molecule has 1 aliphatic carbocycles. The smallest absolute Gasteiger partial charge is 0.252 e. The lowest BCUT2D eigenvalue weighted by Crippen LogP contribution is -2.44. The Labute approximate surface area is 193 Å². The first-order valence-electron chi connectivity index (χ1n) is 11.6. The van der Waals surface area contributed by atoms with E-state index in [4.69, 9.17) is 17.0 Å². The molecule has 0 radical (unpaired) electrons. The van der Waals surface area contributed by atoms with Gasteiger partial charge in [0.05, 0.1) is 13.2 Å². The summed E-state index contributed by atoms with van der Waals surface area (Å²) in [7, 11) is 1.68. The largest absolute Gasteiger partial charge is 0.497 e. The molecule has 0 spiro atoms. The number of amides is 1. The molecule has 2 aliphatic heterocycles. The van der Waals surface area contributed by atoms with Gasteiger partial charge in [-0.15, -0.1) is 0 Å². The lowest BCUT2D eigenvalue weighted by molar-refractivity contribution is -0.130. The van der Waals surface area contributed by atoms with E-state index < -0.39 is 0 Å². The van der Waals surface area contributed by atoms with E-state index >= 15 is 0 Å². The maximum Gasteiger partial charge on any atom is 0.252 e. The molecule has 1 saturated heterocycles. The maximum atomic E-state index is 13.8. The van der Waals surface area contributed by atoms with Crippen molar-refractivity contribution in [2.24, 2.45) is 0 Å². The lowest BCUT2D eigenvalue weighted by atomic mass is 9.88. The molecule has 2 fully saturated rings. The lowest BCUT2D eigenvalue weighted by Gasteiger charge is -2.38. The highest BCUT2D eigenvalue weighted by atomic mass is 32.1. The summed E-state index contributed by atoms with van der Waals surface area (Å²) in [6.07, 6.45) is 6.39. The summed E-state index contributed by atoms with van der Waals surface area (Å²) in [5.74, 6) is 0.998. The minimum absolute atomic E-state index is 0.118. The van der Waals surface area contributed by atoms with Gasteiger partial charge in [-0.05, 0) is 54.4 Å². The zero-order valence-corrected chi connectivity index (χ0v) is 19.0. The third-order valence-electron chi connectivity index (χ3n) is 7.45. The van der Waals surface area contributed by atoms with Crippen LogP contribution in [0.4, 0.5) is 0 Å². The van der Waals surface area contributed by atoms with Crippen molar-refractivity contribution in [3.05, 3.63) is 65.4 Å². The van der Waals surface area contributed by atoms with Gasteiger partial charge in [0, 0.05) is 29.1 Å². The van der Waals surface area contributed by atoms with Crippen molar-refractivity contribution in [2.75, 3.05) is 7.11 Å². The Hall–Kier alpha value is -2.86. The third-order valence-corrected chi connectivity index (χ3v) is 7.86. The highest BCUT2D eigenvalue weighted by molar-refractivity contribution is 7.80. The number of nitrogens with one attached hydrogen (secondary N) is 1. The molecule has 2 aromatic carbocycles. The molecule has 3 aliphatic rings. The summed E-state index contributed by atoms with van der Waals surface area (Å²) >= 11 is 6.02. The Morgan fingerprint density at radius 1 is 1.03 bits per heavy atom. The topological polar surface area (TPSA) is 48.6 Å². The molecule has 1 N–H and O–H groups in total. The normalized spacial score (nSPS) is 23.5. The number of hydrogen-bond acceptors (Lipinski definition) is 3. The molecule has 1 aromatic heterocycles. The minimum atomic E-state index is -0.247. The van der Waals surface area contributed by atoms with E-state index in [1.54, 1.807) is 7.11 Å². The number of carbonyl (C=O) groups excluding carboxylic acids is 1. The van der Waals surface area contributed by atoms with Gasteiger partial charge < -0.3 is 14.6 Å². The van der Waals surface area contributed by atoms with Gasteiger partial charge >= 0.3 is 0 Å². The highest BCUT2D eigenvalue weighted by Crippen LogP contribution is 2.45. The molecular weight excluding hydrogens is 418 g/mol. The van der Waals surface area contributed by atoms with E-state index in [-0.39, 0.29) is 24.0 Å². The molecule has 1 saturated carbocycles. The maximum absolute atomic E-state index is 13.8. The molecule has 6 heteroatoms. The van der Waals surface area contributed by atoms with Crippen molar-refractivity contribution in [2.45, 2.75) is 56.7 Å². The van der Waals surface area contributed by atoms with E-state index in [1.165, 1.54) is 30.2 Å². The zero-order valence-electron chi connectivity index (χ0n) is 18.2. The summed E-state index contributed by atoms with van der Waals surface area (Å²) < 4.78 is 5.39. The number of thiocarbonyl (C=S) groups is 1. The molecule has 5 nitrogen and oxygen atoms in total. The Kier molecular flexibility index (Phi) is 4.72. The van der Waals surface area contributed by atoms with Crippen molar-refractivity contribution >= 4 is 34.1 Å². The zero-order chi connectivity index (χ0) is 21.8. The molecule has 3 heterocycles. The van der Waals surface area contributed by atoms with Crippen molar-refractivity contribution in [1.29, 1.82) is 0 Å². The summed E-state index contributed by atoms with van der Waals surface area (Å²) in [5, 5.41) is 1.90. The van der Waals surface area contributed by atoms with Crippen molar-refractivity contribution in [1.82, 2.24) is 14.8 Å². The Bertz CT molecular complexity index is 1200. The van der Waals surface area contributed by atoms with E-state index in [2.05, 4.69) is 40.2 Å². The van der Waals surface area contributed by atoms with Crippen LogP contribution < -0.4 is 4.74 Å². The number of nitrogens with zero attached hydrogens (tertiary/aromatic N) is 2. The second kappa shape index (κ2) is 7.62. The van der Waals surface area contributed by atoms with Crippen molar-refractivity contribution in [3.63, 3.8) is 0 Å². The van der Waals surface area contributed by atoms with Crippen LogP contribution >= 0.6 is 12.2 Å². The summed E-state index contributed by atoms with van der Waals surface area (Å²) in [6, 6.07) is 16.4. The van der Waals surface area contributed by atoms with Crippen LogP contribution in [-0.4, -0.2) is 45.0 Å². The van der Waals surface area contributed by atoms with Crippen LogP contribution in [0.3, 0.4) is 0 Å². The van der Waals surface area contributed by atoms with Gasteiger partial charge in [-0.3, -0.25) is 9.69 Å². The first kappa shape index (κ1) is 19.8. The van der Waals surface area contributed by atoms with Crippen molar-refractivity contribution < 1.29 is 9.53 Å². The molecule has 2 atom stereocenters. The molecule has 6 rings (SSSR count). The number of methoxy groups -OCH3 is 1. The number of hydrogen-bond donors (Lipinski definition) is 1. The van der Waals surface area contributed by atoms with Gasteiger partial charge in [-0.2, -0.15) is 0 Å². The Morgan fingerprint density at radius 3 is 2.53 bits per heavy atom. The van der Waals surface area contributed by atoms with Crippen LogP contribution in [0.15, 0.2) is 48.5 Å². The molecule has 164 valence electrons. The number of ether oxygens (including phenoxy) is 1. The fourth-order valence-electron chi connectivity index (χ4n) is 5.90. The van der Waals surface area contributed by atoms with Gasteiger partial charge in [0.2, 0.25) is 0 Å².